The first-order valence-electron chi connectivity index (χ1n) is 6.62. The lowest BCUT2D eigenvalue weighted by Gasteiger charge is -2.13. The average molecular weight is 258 g/mol. The highest BCUT2D eigenvalue weighted by Gasteiger charge is 2.28. The van der Waals surface area contributed by atoms with Crippen molar-refractivity contribution in [2.75, 3.05) is 5.43 Å². The van der Waals surface area contributed by atoms with E-state index >= 15 is 0 Å². The predicted molar refractivity (Wildman–Crippen MR) is 73.1 cm³/mol. The maximum absolute atomic E-state index is 5.57. The zero-order valence-electron chi connectivity index (χ0n) is 11.2. The fourth-order valence-corrected chi connectivity index (χ4v) is 2.21. The molecule has 19 heavy (non-hydrogen) atoms. The Bertz CT molecular complexity index is 599. The SMILES string of the molecule is CCc1nccn1-c1nc(C2CC2)nc(NN)c1C. The Kier molecular flexibility index (Phi) is 2.94. The summed E-state index contributed by atoms with van der Waals surface area (Å²) in [6, 6.07) is 0. The summed E-state index contributed by atoms with van der Waals surface area (Å²) in [5, 5.41) is 0. The molecular weight excluding hydrogens is 240 g/mol. The van der Waals surface area contributed by atoms with Crippen molar-refractivity contribution in [1.29, 1.82) is 0 Å². The number of aromatic nitrogens is 4. The van der Waals surface area contributed by atoms with Gasteiger partial charge in [0, 0.05) is 30.3 Å². The summed E-state index contributed by atoms with van der Waals surface area (Å²) < 4.78 is 2.02. The molecule has 1 saturated carbocycles. The van der Waals surface area contributed by atoms with Gasteiger partial charge in [-0.05, 0) is 19.8 Å². The van der Waals surface area contributed by atoms with Crippen LogP contribution in [0.3, 0.4) is 0 Å². The Hall–Kier alpha value is -1.95. The number of nitrogens with zero attached hydrogens (tertiary/aromatic N) is 4. The molecule has 0 amide bonds. The molecule has 1 aliphatic rings. The summed E-state index contributed by atoms with van der Waals surface area (Å²) in [5.41, 5.74) is 3.62. The second kappa shape index (κ2) is 4.62. The number of imidazole rings is 1. The highest BCUT2D eigenvalue weighted by Crippen LogP contribution is 2.39. The van der Waals surface area contributed by atoms with Crippen molar-refractivity contribution in [3.63, 3.8) is 0 Å². The average Bonchev–Trinajstić information content (AvgIpc) is 3.17. The fraction of sp³-hybridized carbons (Fsp3) is 0.462. The first-order chi connectivity index (χ1) is 9.24. The molecule has 0 saturated heterocycles. The van der Waals surface area contributed by atoms with Gasteiger partial charge in [0.15, 0.2) is 0 Å². The predicted octanol–water partition coefficient (Wildman–Crippen LogP) is 1.70. The number of aryl methyl sites for hydroxylation is 1. The van der Waals surface area contributed by atoms with Crippen LogP contribution in [0.25, 0.3) is 5.82 Å². The van der Waals surface area contributed by atoms with E-state index in [-0.39, 0.29) is 0 Å². The van der Waals surface area contributed by atoms with E-state index in [4.69, 9.17) is 10.8 Å². The molecule has 0 unspecified atom stereocenters. The number of rotatable bonds is 4. The third-order valence-corrected chi connectivity index (χ3v) is 3.48. The number of nitrogens with two attached hydrogens (primary N) is 1. The van der Waals surface area contributed by atoms with Crippen molar-refractivity contribution in [3.05, 3.63) is 29.6 Å². The van der Waals surface area contributed by atoms with E-state index in [1.807, 2.05) is 17.7 Å². The fourth-order valence-electron chi connectivity index (χ4n) is 2.21. The molecule has 0 aromatic carbocycles. The largest absolute Gasteiger partial charge is 0.308 e. The molecule has 0 aliphatic heterocycles. The number of nitrogen functional groups attached to an aromatic ring is 1. The molecule has 3 rings (SSSR count). The summed E-state index contributed by atoms with van der Waals surface area (Å²) in [6.45, 7) is 4.06. The van der Waals surface area contributed by atoms with Crippen molar-refractivity contribution in [2.24, 2.45) is 5.84 Å². The van der Waals surface area contributed by atoms with E-state index in [0.29, 0.717) is 11.7 Å². The van der Waals surface area contributed by atoms with Crippen molar-refractivity contribution >= 4 is 5.82 Å². The number of hydrogen-bond acceptors (Lipinski definition) is 5. The highest BCUT2D eigenvalue weighted by molar-refractivity contribution is 5.51. The van der Waals surface area contributed by atoms with Crippen molar-refractivity contribution < 1.29 is 0 Å². The molecule has 2 aromatic heterocycles. The molecule has 1 aliphatic carbocycles. The van der Waals surface area contributed by atoms with E-state index < -0.39 is 0 Å². The lowest BCUT2D eigenvalue weighted by atomic mass is 10.2. The molecule has 0 atom stereocenters. The summed E-state index contributed by atoms with van der Waals surface area (Å²) in [7, 11) is 0. The van der Waals surface area contributed by atoms with Crippen molar-refractivity contribution in [2.45, 2.75) is 39.0 Å². The summed E-state index contributed by atoms with van der Waals surface area (Å²) in [4.78, 5) is 13.6. The Morgan fingerprint density at radius 3 is 2.84 bits per heavy atom. The molecule has 100 valence electrons. The van der Waals surface area contributed by atoms with Crippen LogP contribution < -0.4 is 11.3 Å². The summed E-state index contributed by atoms with van der Waals surface area (Å²) in [5.74, 6) is 9.50. The van der Waals surface area contributed by atoms with E-state index in [1.54, 1.807) is 6.20 Å². The zero-order chi connectivity index (χ0) is 13.4. The van der Waals surface area contributed by atoms with Gasteiger partial charge in [0.25, 0.3) is 0 Å². The van der Waals surface area contributed by atoms with Gasteiger partial charge in [-0.15, -0.1) is 0 Å². The smallest absolute Gasteiger partial charge is 0.148 e. The lowest BCUT2D eigenvalue weighted by molar-refractivity contribution is 0.822. The molecule has 0 bridgehead atoms. The van der Waals surface area contributed by atoms with Crippen LogP contribution in [0.1, 0.15) is 42.9 Å². The van der Waals surface area contributed by atoms with Crippen LogP contribution in [0.2, 0.25) is 0 Å². The van der Waals surface area contributed by atoms with Crippen LogP contribution >= 0.6 is 0 Å². The minimum atomic E-state index is 0.486. The quantitative estimate of drug-likeness (QED) is 0.644. The van der Waals surface area contributed by atoms with Crippen LogP contribution in [-0.2, 0) is 6.42 Å². The standard InChI is InChI=1S/C13H18N6/c1-3-10-15-6-7-19(10)13-8(2)11(18-14)16-12(17-13)9-4-5-9/h6-7,9H,3-5,14H2,1-2H3,(H,16,17,18). The molecule has 3 N–H and O–H groups in total. The van der Waals surface area contributed by atoms with Gasteiger partial charge in [-0.1, -0.05) is 6.92 Å². The van der Waals surface area contributed by atoms with Crippen LogP contribution in [0.4, 0.5) is 5.82 Å². The Morgan fingerprint density at radius 2 is 2.21 bits per heavy atom. The van der Waals surface area contributed by atoms with E-state index in [1.165, 1.54) is 0 Å². The topological polar surface area (TPSA) is 81.7 Å². The summed E-state index contributed by atoms with van der Waals surface area (Å²) >= 11 is 0. The molecule has 6 nitrogen and oxygen atoms in total. The van der Waals surface area contributed by atoms with Gasteiger partial charge in [-0.2, -0.15) is 0 Å². The number of hydrazine groups is 1. The van der Waals surface area contributed by atoms with Gasteiger partial charge in [0.05, 0.1) is 0 Å². The second-order valence-electron chi connectivity index (χ2n) is 4.86. The molecular formula is C13H18N6. The maximum Gasteiger partial charge on any atom is 0.148 e. The Morgan fingerprint density at radius 1 is 1.42 bits per heavy atom. The third kappa shape index (κ3) is 2.08. The van der Waals surface area contributed by atoms with Gasteiger partial charge < -0.3 is 5.43 Å². The van der Waals surface area contributed by atoms with Crippen LogP contribution in [0.15, 0.2) is 12.4 Å². The molecule has 0 spiro atoms. The van der Waals surface area contributed by atoms with Crippen LogP contribution in [-0.4, -0.2) is 19.5 Å². The molecule has 2 aromatic rings. The highest BCUT2D eigenvalue weighted by atomic mass is 15.3. The first-order valence-corrected chi connectivity index (χ1v) is 6.62. The minimum Gasteiger partial charge on any atom is -0.308 e. The van der Waals surface area contributed by atoms with Gasteiger partial charge in [-0.25, -0.2) is 20.8 Å². The number of hydrogen-bond donors (Lipinski definition) is 2. The third-order valence-electron chi connectivity index (χ3n) is 3.48. The molecule has 1 fully saturated rings. The zero-order valence-corrected chi connectivity index (χ0v) is 11.2. The lowest BCUT2D eigenvalue weighted by Crippen LogP contribution is -2.15. The first kappa shape index (κ1) is 12.1. The van der Waals surface area contributed by atoms with Gasteiger partial charge in [0.1, 0.15) is 23.3 Å². The normalized spacial score (nSPS) is 14.7. The van der Waals surface area contributed by atoms with Crippen LogP contribution in [0, 0.1) is 6.92 Å². The van der Waals surface area contributed by atoms with Crippen LogP contribution in [0.5, 0.6) is 0 Å². The number of anilines is 1. The maximum atomic E-state index is 5.57. The van der Waals surface area contributed by atoms with E-state index in [0.717, 1.165) is 42.3 Å². The molecule has 0 radical (unpaired) electrons. The minimum absolute atomic E-state index is 0.486. The van der Waals surface area contributed by atoms with E-state index in [2.05, 4.69) is 22.3 Å². The van der Waals surface area contributed by atoms with Crippen molar-refractivity contribution in [3.8, 4) is 5.82 Å². The Balaban J connectivity index is 2.16. The van der Waals surface area contributed by atoms with Gasteiger partial charge in [-0.3, -0.25) is 4.57 Å². The van der Waals surface area contributed by atoms with Crippen molar-refractivity contribution in [1.82, 2.24) is 19.5 Å². The number of nitrogens with one attached hydrogen (secondary N) is 1. The molecule has 2 heterocycles. The van der Waals surface area contributed by atoms with E-state index in [9.17, 15) is 0 Å². The summed E-state index contributed by atoms with van der Waals surface area (Å²) in [6.07, 6.45) is 6.92. The molecule has 6 heteroatoms. The Labute approximate surface area is 112 Å². The van der Waals surface area contributed by atoms with Gasteiger partial charge >= 0.3 is 0 Å². The van der Waals surface area contributed by atoms with Gasteiger partial charge in [0.2, 0.25) is 0 Å². The second-order valence-corrected chi connectivity index (χ2v) is 4.86. The monoisotopic (exact) mass is 258 g/mol.